The summed E-state index contributed by atoms with van der Waals surface area (Å²) in [5, 5.41) is 3.26. The Bertz CT molecular complexity index is 425. The van der Waals surface area contributed by atoms with E-state index in [0.29, 0.717) is 13.2 Å². The molecule has 2 rings (SSSR count). The molecule has 4 nitrogen and oxygen atoms in total. The number of carbonyl (C=O) groups is 1. The number of likely N-dealkylation sites (N-methyl/N-ethyl adjacent to an activating group) is 1. The summed E-state index contributed by atoms with van der Waals surface area (Å²) in [6, 6.07) is 9.80. The molecule has 1 atom stereocenters. The van der Waals surface area contributed by atoms with Crippen molar-refractivity contribution in [1.82, 2.24) is 10.2 Å². The lowest BCUT2D eigenvalue weighted by Gasteiger charge is -2.27. The van der Waals surface area contributed by atoms with E-state index in [-0.39, 0.29) is 12.0 Å². The first-order valence-electron chi connectivity index (χ1n) is 6.56. The first-order chi connectivity index (χ1) is 9.25. The summed E-state index contributed by atoms with van der Waals surface area (Å²) in [5.41, 5.74) is 1.03. The molecule has 1 aliphatic heterocycles. The second-order valence-corrected chi connectivity index (χ2v) is 4.66. The highest BCUT2D eigenvalue weighted by atomic mass is 16.5. The van der Waals surface area contributed by atoms with Crippen molar-refractivity contribution >= 4 is 12.0 Å². The third-order valence-corrected chi connectivity index (χ3v) is 3.08. The maximum Gasteiger partial charge on any atom is 0.246 e. The number of hydrogen-bond acceptors (Lipinski definition) is 3. The summed E-state index contributed by atoms with van der Waals surface area (Å²) < 4.78 is 5.58. The molecule has 1 fully saturated rings. The summed E-state index contributed by atoms with van der Waals surface area (Å²) in [7, 11) is 1.80. The van der Waals surface area contributed by atoms with Crippen molar-refractivity contribution in [3.8, 4) is 0 Å². The Balaban J connectivity index is 1.83. The molecule has 0 aromatic heterocycles. The van der Waals surface area contributed by atoms with Crippen LogP contribution in [-0.4, -0.2) is 50.2 Å². The van der Waals surface area contributed by atoms with Crippen LogP contribution in [-0.2, 0) is 9.53 Å². The van der Waals surface area contributed by atoms with Gasteiger partial charge >= 0.3 is 0 Å². The second-order valence-electron chi connectivity index (χ2n) is 4.66. The fourth-order valence-corrected chi connectivity index (χ4v) is 1.99. The van der Waals surface area contributed by atoms with Crippen LogP contribution in [0.3, 0.4) is 0 Å². The van der Waals surface area contributed by atoms with Crippen molar-refractivity contribution in [1.29, 1.82) is 0 Å². The lowest BCUT2D eigenvalue weighted by atomic mass is 10.2. The zero-order valence-electron chi connectivity index (χ0n) is 11.2. The Morgan fingerprint density at radius 3 is 2.95 bits per heavy atom. The van der Waals surface area contributed by atoms with Gasteiger partial charge in [-0.25, -0.2) is 0 Å². The van der Waals surface area contributed by atoms with E-state index in [1.165, 1.54) is 0 Å². The molecule has 0 spiro atoms. The monoisotopic (exact) mass is 260 g/mol. The number of hydrogen-bond donors (Lipinski definition) is 1. The van der Waals surface area contributed by atoms with Gasteiger partial charge < -0.3 is 15.0 Å². The van der Waals surface area contributed by atoms with E-state index >= 15 is 0 Å². The summed E-state index contributed by atoms with van der Waals surface area (Å²) >= 11 is 0. The topological polar surface area (TPSA) is 41.6 Å². The molecule has 1 unspecified atom stereocenters. The molecule has 1 aromatic carbocycles. The highest BCUT2D eigenvalue weighted by Crippen LogP contribution is 2.03. The third-order valence-electron chi connectivity index (χ3n) is 3.08. The molecule has 1 saturated heterocycles. The molecule has 1 aromatic rings. The smallest absolute Gasteiger partial charge is 0.246 e. The number of morpholine rings is 1. The van der Waals surface area contributed by atoms with E-state index in [1.54, 1.807) is 18.0 Å². The second kappa shape index (κ2) is 7.07. The van der Waals surface area contributed by atoms with Gasteiger partial charge in [-0.2, -0.15) is 0 Å². The minimum atomic E-state index is -0.00183. The maximum absolute atomic E-state index is 12.0. The predicted octanol–water partition coefficient (Wildman–Crippen LogP) is 1.15. The Morgan fingerprint density at radius 1 is 1.47 bits per heavy atom. The van der Waals surface area contributed by atoms with Crippen LogP contribution in [0.5, 0.6) is 0 Å². The third kappa shape index (κ3) is 4.50. The van der Waals surface area contributed by atoms with Crippen molar-refractivity contribution in [3.63, 3.8) is 0 Å². The van der Waals surface area contributed by atoms with E-state index in [4.69, 9.17) is 4.74 Å². The number of nitrogens with one attached hydrogen (secondary N) is 1. The Morgan fingerprint density at radius 2 is 2.26 bits per heavy atom. The Kier molecular flexibility index (Phi) is 5.12. The van der Waals surface area contributed by atoms with Crippen molar-refractivity contribution in [2.24, 2.45) is 0 Å². The summed E-state index contributed by atoms with van der Waals surface area (Å²) in [5.74, 6) is -0.00183. The Hall–Kier alpha value is -1.65. The minimum Gasteiger partial charge on any atom is -0.374 e. The fraction of sp³-hybridized carbons (Fsp3) is 0.400. The standard InChI is InChI=1S/C15H20N2O2/c1-17(12-14-11-16-9-10-19-14)15(18)8-7-13-5-3-2-4-6-13/h2-8,14,16H,9-12H2,1H3/b8-7+. The molecule has 1 amide bonds. The van der Waals surface area contributed by atoms with Gasteiger partial charge in [-0.3, -0.25) is 4.79 Å². The van der Waals surface area contributed by atoms with Gasteiger partial charge in [0, 0.05) is 32.8 Å². The zero-order chi connectivity index (χ0) is 13.5. The number of amides is 1. The van der Waals surface area contributed by atoms with E-state index in [9.17, 15) is 4.79 Å². The van der Waals surface area contributed by atoms with Crippen LogP contribution in [0.25, 0.3) is 6.08 Å². The van der Waals surface area contributed by atoms with Gasteiger partial charge in [0.1, 0.15) is 0 Å². The van der Waals surface area contributed by atoms with E-state index in [2.05, 4.69) is 5.32 Å². The molecule has 1 heterocycles. The molecule has 0 saturated carbocycles. The van der Waals surface area contributed by atoms with E-state index in [0.717, 1.165) is 18.7 Å². The molecule has 1 aliphatic rings. The van der Waals surface area contributed by atoms with Gasteiger partial charge in [0.25, 0.3) is 0 Å². The fourth-order valence-electron chi connectivity index (χ4n) is 1.99. The number of benzene rings is 1. The highest BCUT2D eigenvalue weighted by molar-refractivity contribution is 5.91. The molecule has 19 heavy (non-hydrogen) atoms. The first-order valence-corrected chi connectivity index (χ1v) is 6.56. The van der Waals surface area contributed by atoms with Gasteiger partial charge in [-0.15, -0.1) is 0 Å². The highest BCUT2D eigenvalue weighted by Gasteiger charge is 2.17. The van der Waals surface area contributed by atoms with Gasteiger partial charge in [0.2, 0.25) is 5.91 Å². The Labute approximate surface area is 114 Å². The number of rotatable bonds is 4. The van der Waals surface area contributed by atoms with Crippen molar-refractivity contribution in [2.75, 3.05) is 33.3 Å². The summed E-state index contributed by atoms with van der Waals surface area (Å²) in [6.07, 6.45) is 3.53. The normalized spacial score (nSPS) is 19.5. The summed E-state index contributed by atoms with van der Waals surface area (Å²) in [6.45, 7) is 3.03. The molecular weight excluding hydrogens is 240 g/mol. The minimum absolute atomic E-state index is 0.00183. The average Bonchev–Trinajstić information content (AvgIpc) is 2.47. The molecule has 4 heteroatoms. The lowest BCUT2D eigenvalue weighted by Crippen LogP contribution is -2.45. The SMILES string of the molecule is CN(CC1CNCCO1)C(=O)/C=C/c1ccccc1. The van der Waals surface area contributed by atoms with Crippen LogP contribution >= 0.6 is 0 Å². The van der Waals surface area contributed by atoms with Crippen LogP contribution in [0.1, 0.15) is 5.56 Å². The zero-order valence-corrected chi connectivity index (χ0v) is 11.2. The number of nitrogens with zero attached hydrogens (tertiary/aromatic N) is 1. The molecule has 102 valence electrons. The number of carbonyl (C=O) groups excluding carboxylic acids is 1. The van der Waals surface area contributed by atoms with Crippen molar-refractivity contribution < 1.29 is 9.53 Å². The van der Waals surface area contributed by atoms with Crippen LogP contribution in [0.4, 0.5) is 0 Å². The molecule has 0 aliphatic carbocycles. The molecule has 1 N–H and O–H groups in total. The summed E-state index contributed by atoms with van der Waals surface area (Å²) in [4.78, 5) is 13.6. The largest absolute Gasteiger partial charge is 0.374 e. The van der Waals surface area contributed by atoms with Crippen LogP contribution in [0, 0.1) is 0 Å². The van der Waals surface area contributed by atoms with Gasteiger partial charge in [-0.1, -0.05) is 30.3 Å². The van der Waals surface area contributed by atoms with Crippen LogP contribution < -0.4 is 5.32 Å². The lowest BCUT2D eigenvalue weighted by molar-refractivity contribution is -0.126. The molecule has 0 radical (unpaired) electrons. The van der Waals surface area contributed by atoms with Gasteiger partial charge in [0.05, 0.1) is 12.7 Å². The van der Waals surface area contributed by atoms with Crippen LogP contribution in [0.2, 0.25) is 0 Å². The first kappa shape index (κ1) is 13.8. The quantitative estimate of drug-likeness (QED) is 0.826. The molecular formula is C15H20N2O2. The molecule has 0 bridgehead atoms. The van der Waals surface area contributed by atoms with Crippen molar-refractivity contribution in [3.05, 3.63) is 42.0 Å². The van der Waals surface area contributed by atoms with Crippen molar-refractivity contribution in [2.45, 2.75) is 6.10 Å². The van der Waals surface area contributed by atoms with Gasteiger partial charge in [0.15, 0.2) is 0 Å². The average molecular weight is 260 g/mol. The van der Waals surface area contributed by atoms with Crippen LogP contribution in [0.15, 0.2) is 36.4 Å². The van der Waals surface area contributed by atoms with Gasteiger partial charge in [-0.05, 0) is 11.6 Å². The number of ether oxygens (including phenoxy) is 1. The maximum atomic E-state index is 12.0. The van der Waals surface area contributed by atoms with E-state index in [1.807, 2.05) is 36.4 Å². The predicted molar refractivity (Wildman–Crippen MR) is 75.7 cm³/mol. The van der Waals surface area contributed by atoms with E-state index < -0.39 is 0 Å².